The molecule has 0 aliphatic carbocycles. The topological polar surface area (TPSA) is 43.6 Å². The van der Waals surface area contributed by atoms with E-state index in [1.54, 1.807) is 0 Å². The lowest BCUT2D eigenvalue weighted by Crippen LogP contribution is -2.12. The maximum Gasteiger partial charge on any atom is 0.433 e. The summed E-state index contributed by atoms with van der Waals surface area (Å²) >= 11 is 14.9. The molecule has 0 atom stereocenters. The number of imidazole rings is 1. The lowest BCUT2D eigenvalue weighted by atomic mass is 10.1. The Kier molecular flexibility index (Phi) is 4.54. The van der Waals surface area contributed by atoms with E-state index in [0.717, 1.165) is 6.07 Å². The van der Waals surface area contributed by atoms with Gasteiger partial charge >= 0.3 is 6.18 Å². The van der Waals surface area contributed by atoms with Crippen molar-refractivity contribution in [2.24, 2.45) is 0 Å². The number of halogens is 6. The molecule has 2 aromatic heterocycles. The Labute approximate surface area is 152 Å². The van der Waals surface area contributed by atoms with Gasteiger partial charge in [0.25, 0.3) is 0 Å². The Hall–Kier alpha value is -1.64. The van der Waals surface area contributed by atoms with Gasteiger partial charge in [0.05, 0.1) is 15.7 Å². The largest absolute Gasteiger partial charge is 0.433 e. The number of aromatic nitrogens is 4. The zero-order valence-corrected chi connectivity index (χ0v) is 14.6. The van der Waals surface area contributed by atoms with Crippen LogP contribution in [0.4, 0.5) is 13.2 Å². The fraction of sp³-hybridized carbons (Fsp3) is 0.0714. The summed E-state index contributed by atoms with van der Waals surface area (Å²) in [6.07, 6.45) is -1.87. The average Bonchev–Trinajstić information content (AvgIpc) is 2.95. The second kappa shape index (κ2) is 6.34. The first-order valence-electron chi connectivity index (χ1n) is 6.35. The lowest BCUT2D eigenvalue weighted by Gasteiger charge is -2.11. The highest BCUT2D eigenvalue weighted by molar-refractivity contribution is 9.10. The molecular weight excluding hydrogens is 432 g/mol. The summed E-state index contributed by atoms with van der Waals surface area (Å²) in [6.45, 7) is 0. The van der Waals surface area contributed by atoms with Crippen LogP contribution < -0.4 is 0 Å². The molecule has 0 saturated heterocycles. The minimum absolute atomic E-state index is 0.0655. The maximum atomic E-state index is 13.2. The van der Waals surface area contributed by atoms with Gasteiger partial charge in [-0.1, -0.05) is 29.3 Å². The van der Waals surface area contributed by atoms with E-state index in [1.165, 1.54) is 35.3 Å². The van der Waals surface area contributed by atoms with E-state index in [-0.39, 0.29) is 16.7 Å². The summed E-state index contributed by atoms with van der Waals surface area (Å²) in [7, 11) is 0. The monoisotopic (exact) mass is 436 g/mol. The van der Waals surface area contributed by atoms with Gasteiger partial charge in [-0.05, 0) is 34.1 Å². The molecule has 0 bridgehead atoms. The molecule has 10 heteroatoms. The van der Waals surface area contributed by atoms with E-state index in [9.17, 15) is 13.2 Å². The van der Waals surface area contributed by atoms with Crippen molar-refractivity contribution in [2.75, 3.05) is 0 Å². The summed E-state index contributed by atoms with van der Waals surface area (Å²) in [5.41, 5.74) is -0.619. The Morgan fingerprint density at radius 3 is 2.38 bits per heavy atom. The summed E-state index contributed by atoms with van der Waals surface area (Å²) in [5.74, 6) is -0.163. The molecular formula is C14H6BrCl2F3N4. The van der Waals surface area contributed by atoms with Crippen molar-refractivity contribution in [3.63, 3.8) is 0 Å². The van der Waals surface area contributed by atoms with Gasteiger partial charge in [-0.2, -0.15) is 13.2 Å². The number of benzene rings is 1. The molecule has 0 unspecified atom stereocenters. The third-order valence-electron chi connectivity index (χ3n) is 3.00. The first-order chi connectivity index (χ1) is 11.2. The van der Waals surface area contributed by atoms with Crippen molar-refractivity contribution < 1.29 is 13.2 Å². The molecule has 0 N–H and O–H groups in total. The lowest BCUT2D eigenvalue weighted by molar-refractivity contribution is -0.141. The fourth-order valence-electron chi connectivity index (χ4n) is 1.91. The molecule has 24 heavy (non-hydrogen) atoms. The molecule has 1 aromatic carbocycles. The molecule has 0 saturated carbocycles. The van der Waals surface area contributed by atoms with Crippen LogP contribution in [0.1, 0.15) is 5.69 Å². The third-order valence-corrected chi connectivity index (χ3v) is 4.15. The summed E-state index contributed by atoms with van der Waals surface area (Å²) in [5, 5.41) is 0.512. The van der Waals surface area contributed by atoms with E-state index in [0.29, 0.717) is 15.2 Å². The second-order valence-electron chi connectivity index (χ2n) is 4.67. The molecule has 0 aliphatic heterocycles. The van der Waals surface area contributed by atoms with E-state index >= 15 is 0 Å². The van der Waals surface area contributed by atoms with Gasteiger partial charge in [-0.3, -0.25) is 4.57 Å². The number of alkyl halides is 3. The first-order valence-corrected chi connectivity index (χ1v) is 7.90. The Bertz CT molecular complexity index is 911. The van der Waals surface area contributed by atoms with E-state index in [2.05, 4.69) is 30.9 Å². The smallest absolute Gasteiger partial charge is 0.273 e. The summed E-state index contributed by atoms with van der Waals surface area (Å²) in [6, 6.07) is 5.32. The zero-order valence-electron chi connectivity index (χ0n) is 11.5. The van der Waals surface area contributed by atoms with Crippen LogP contribution in [-0.2, 0) is 6.18 Å². The van der Waals surface area contributed by atoms with Gasteiger partial charge < -0.3 is 0 Å². The van der Waals surface area contributed by atoms with E-state index < -0.39 is 11.9 Å². The van der Waals surface area contributed by atoms with Crippen LogP contribution in [0.5, 0.6) is 0 Å². The summed E-state index contributed by atoms with van der Waals surface area (Å²) in [4.78, 5) is 11.6. The van der Waals surface area contributed by atoms with Gasteiger partial charge in [-0.25, -0.2) is 15.0 Å². The second-order valence-corrected chi connectivity index (χ2v) is 6.30. The fourth-order valence-corrected chi connectivity index (χ4v) is 2.52. The molecule has 124 valence electrons. The Morgan fingerprint density at radius 2 is 1.79 bits per heavy atom. The van der Waals surface area contributed by atoms with Crippen LogP contribution >= 0.6 is 39.1 Å². The van der Waals surface area contributed by atoms with E-state index in [1.807, 2.05) is 0 Å². The Balaban J connectivity index is 2.19. The molecule has 0 fully saturated rings. The van der Waals surface area contributed by atoms with Gasteiger partial charge in [0, 0.05) is 11.8 Å². The third kappa shape index (κ3) is 3.55. The van der Waals surface area contributed by atoms with Crippen molar-refractivity contribution in [2.45, 2.75) is 6.18 Å². The maximum absolute atomic E-state index is 13.2. The predicted molar refractivity (Wildman–Crippen MR) is 87.3 cm³/mol. The van der Waals surface area contributed by atoms with Crippen molar-refractivity contribution in [1.29, 1.82) is 0 Å². The number of nitrogens with zero attached hydrogens (tertiary/aromatic N) is 4. The van der Waals surface area contributed by atoms with E-state index in [4.69, 9.17) is 23.2 Å². The van der Waals surface area contributed by atoms with Crippen LogP contribution in [0.3, 0.4) is 0 Å². The van der Waals surface area contributed by atoms with Gasteiger partial charge in [0.1, 0.15) is 10.9 Å². The molecule has 0 radical (unpaired) electrons. The molecule has 0 aliphatic rings. The van der Waals surface area contributed by atoms with Crippen LogP contribution in [0.25, 0.3) is 17.2 Å². The SMILES string of the molecule is FC(F)(F)c1cc(-c2ccc(Cl)c(Cl)c2)nc(-n2cnc(Br)c2)n1. The first kappa shape index (κ1) is 17.2. The predicted octanol–water partition coefficient (Wildman–Crippen LogP) is 5.42. The number of hydrogen-bond donors (Lipinski definition) is 0. The van der Waals surface area contributed by atoms with Crippen molar-refractivity contribution in [3.8, 4) is 17.2 Å². The van der Waals surface area contributed by atoms with Gasteiger partial charge in [0.2, 0.25) is 5.95 Å². The van der Waals surface area contributed by atoms with Crippen LogP contribution in [0.2, 0.25) is 10.0 Å². The standard InChI is InChI=1S/C14H6BrCl2F3N4/c15-12-5-24(6-21-12)13-22-10(4-11(23-13)14(18,19)20)7-1-2-8(16)9(17)3-7/h1-6H. The minimum Gasteiger partial charge on any atom is -0.273 e. The minimum atomic E-state index is -4.62. The normalized spacial score (nSPS) is 11.8. The number of rotatable bonds is 2. The van der Waals surface area contributed by atoms with Gasteiger partial charge in [0.15, 0.2) is 5.69 Å². The Morgan fingerprint density at radius 1 is 1.04 bits per heavy atom. The molecule has 3 aromatic rings. The number of hydrogen-bond acceptors (Lipinski definition) is 3. The molecule has 3 rings (SSSR count). The quantitative estimate of drug-likeness (QED) is 0.537. The highest BCUT2D eigenvalue weighted by Crippen LogP contribution is 2.33. The summed E-state index contributed by atoms with van der Waals surface area (Å²) < 4.78 is 41.2. The van der Waals surface area contributed by atoms with Crippen molar-refractivity contribution >= 4 is 39.1 Å². The highest BCUT2D eigenvalue weighted by atomic mass is 79.9. The zero-order chi connectivity index (χ0) is 17.5. The average molecular weight is 438 g/mol. The highest BCUT2D eigenvalue weighted by Gasteiger charge is 2.34. The van der Waals surface area contributed by atoms with Gasteiger partial charge in [-0.15, -0.1) is 0 Å². The van der Waals surface area contributed by atoms with Crippen LogP contribution in [0.15, 0.2) is 41.4 Å². The van der Waals surface area contributed by atoms with Crippen molar-refractivity contribution in [3.05, 3.63) is 57.1 Å². The van der Waals surface area contributed by atoms with Crippen LogP contribution in [-0.4, -0.2) is 19.5 Å². The molecule has 0 spiro atoms. The van der Waals surface area contributed by atoms with Crippen LogP contribution in [0, 0.1) is 0 Å². The molecule has 0 amide bonds. The molecule has 4 nitrogen and oxygen atoms in total. The molecule has 2 heterocycles. The van der Waals surface area contributed by atoms with Crippen molar-refractivity contribution in [1.82, 2.24) is 19.5 Å².